The lowest BCUT2D eigenvalue weighted by Crippen LogP contribution is -2.03. The number of unbranched alkanes of at least 4 members (excludes halogenated alkanes) is 2. The molecule has 0 unspecified atom stereocenters. The second-order valence-corrected chi connectivity index (χ2v) is 4.09. The highest BCUT2D eigenvalue weighted by Crippen LogP contribution is 2.11. The fourth-order valence-corrected chi connectivity index (χ4v) is 1.31. The Labute approximate surface area is 77.2 Å². The number of aliphatic hydroxyl groups is 1. The maximum Gasteiger partial charge on any atom is 0.0537 e. The van der Waals surface area contributed by atoms with Crippen molar-refractivity contribution in [1.82, 2.24) is 0 Å². The summed E-state index contributed by atoms with van der Waals surface area (Å²) in [5.74, 6) is 0.834. The Kier molecular flexibility index (Phi) is 7.58. The molecular weight excluding hydrogens is 148 g/mol. The van der Waals surface area contributed by atoms with E-state index in [-0.39, 0.29) is 6.10 Å². The lowest BCUT2D eigenvalue weighted by Gasteiger charge is -2.07. The molecule has 74 valence electrons. The fraction of sp³-hybridized carbons (Fsp3) is 1.00. The van der Waals surface area contributed by atoms with Gasteiger partial charge in [0.05, 0.1) is 6.10 Å². The Hall–Kier alpha value is -0.0400. The monoisotopic (exact) mass is 172 g/mol. The van der Waals surface area contributed by atoms with Crippen molar-refractivity contribution in [2.75, 3.05) is 0 Å². The summed E-state index contributed by atoms with van der Waals surface area (Å²) in [6.07, 6.45) is 7.00. The molecule has 1 N–H and O–H groups in total. The van der Waals surface area contributed by atoms with Crippen molar-refractivity contribution >= 4 is 0 Å². The first-order valence-corrected chi connectivity index (χ1v) is 5.34. The molecule has 0 spiro atoms. The third-order valence-corrected chi connectivity index (χ3v) is 2.29. The lowest BCUT2D eigenvalue weighted by atomic mass is 10.0. The second kappa shape index (κ2) is 7.60. The molecule has 0 aliphatic rings. The van der Waals surface area contributed by atoms with Crippen molar-refractivity contribution in [3.63, 3.8) is 0 Å². The Morgan fingerprint density at radius 1 is 1.00 bits per heavy atom. The van der Waals surface area contributed by atoms with Crippen molar-refractivity contribution < 1.29 is 5.11 Å². The van der Waals surface area contributed by atoms with E-state index in [2.05, 4.69) is 13.8 Å². The van der Waals surface area contributed by atoms with Crippen LogP contribution in [0.15, 0.2) is 0 Å². The van der Waals surface area contributed by atoms with Crippen LogP contribution >= 0.6 is 0 Å². The fourth-order valence-electron chi connectivity index (χ4n) is 1.31. The summed E-state index contributed by atoms with van der Waals surface area (Å²) in [6.45, 7) is 6.57. The van der Waals surface area contributed by atoms with Gasteiger partial charge in [0, 0.05) is 0 Å². The van der Waals surface area contributed by atoms with Crippen LogP contribution in [-0.2, 0) is 0 Å². The molecule has 0 aliphatic carbocycles. The highest BCUT2D eigenvalue weighted by Gasteiger charge is 2.00. The summed E-state index contributed by atoms with van der Waals surface area (Å²) in [5.41, 5.74) is 0. The highest BCUT2D eigenvalue weighted by molar-refractivity contribution is 4.53. The first kappa shape index (κ1) is 12.0. The quantitative estimate of drug-likeness (QED) is 0.584. The maximum atomic E-state index is 9.27. The molecule has 0 rings (SSSR count). The van der Waals surface area contributed by atoms with Gasteiger partial charge in [0.25, 0.3) is 0 Å². The molecule has 0 heterocycles. The van der Waals surface area contributed by atoms with Gasteiger partial charge in [0.15, 0.2) is 0 Å². The molecule has 0 saturated heterocycles. The van der Waals surface area contributed by atoms with E-state index in [0.717, 1.165) is 18.8 Å². The Morgan fingerprint density at radius 3 is 2.08 bits per heavy atom. The number of hydrogen-bond acceptors (Lipinski definition) is 1. The molecule has 0 aliphatic heterocycles. The summed E-state index contributed by atoms with van der Waals surface area (Å²) in [4.78, 5) is 0. The van der Waals surface area contributed by atoms with Crippen LogP contribution in [0.4, 0.5) is 0 Å². The molecule has 0 bridgehead atoms. The minimum absolute atomic E-state index is 0.0518. The number of hydrogen-bond donors (Lipinski definition) is 1. The number of aliphatic hydroxyl groups excluding tert-OH is 1. The Balaban J connectivity index is 3.00. The van der Waals surface area contributed by atoms with Gasteiger partial charge < -0.3 is 5.11 Å². The smallest absolute Gasteiger partial charge is 0.0537 e. The van der Waals surface area contributed by atoms with Crippen LogP contribution in [0.2, 0.25) is 0 Å². The molecule has 0 saturated carbocycles. The van der Waals surface area contributed by atoms with E-state index in [1.165, 1.54) is 25.7 Å². The molecule has 1 nitrogen and oxygen atoms in total. The van der Waals surface area contributed by atoms with Gasteiger partial charge in [0.1, 0.15) is 0 Å². The standard InChI is InChI=1S/C11H24O/c1-4-11(12)9-7-5-6-8-10(2)3/h10-12H,4-9H2,1-3H3/t11-/m0/s1. The summed E-state index contributed by atoms with van der Waals surface area (Å²) >= 11 is 0. The predicted molar refractivity (Wildman–Crippen MR) is 54.2 cm³/mol. The highest BCUT2D eigenvalue weighted by atomic mass is 16.3. The largest absolute Gasteiger partial charge is 0.393 e. The van der Waals surface area contributed by atoms with E-state index in [1.54, 1.807) is 0 Å². The van der Waals surface area contributed by atoms with Crippen LogP contribution in [-0.4, -0.2) is 11.2 Å². The summed E-state index contributed by atoms with van der Waals surface area (Å²) < 4.78 is 0. The van der Waals surface area contributed by atoms with Crippen molar-refractivity contribution in [3.8, 4) is 0 Å². The molecule has 12 heavy (non-hydrogen) atoms. The number of rotatable bonds is 7. The van der Waals surface area contributed by atoms with Gasteiger partial charge in [-0.15, -0.1) is 0 Å². The first-order chi connectivity index (χ1) is 5.66. The molecule has 0 amide bonds. The van der Waals surface area contributed by atoms with Crippen LogP contribution in [0.5, 0.6) is 0 Å². The van der Waals surface area contributed by atoms with E-state index in [4.69, 9.17) is 0 Å². The third kappa shape index (κ3) is 8.06. The second-order valence-electron chi connectivity index (χ2n) is 4.09. The van der Waals surface area contributed by atoms with Crippen LogP contribution < -0.4 is 0 Å². The molecule has 0 aromatic rings. The van der Waals surface area contributed by atoms with E-state index in [9.17, 15) is 5.11 Å². The topological polar surface area (TPSA) is 20.2 Å². The van der Waals surface area contributed by atoms with Gasteiger partial charge in [-0.1, -0.05) is 46.5 Å². The summed E-state index contributed by atoms with van der Waals surface area (Å²) in [5, 5.41) is 9.27. The van der Waals surface area contributed by atoms with Gasteiger partial charge in [0.2, 0.25) is 0 Å². The Bertz CT molecular complexity index is 89.0. The molecule has 0 aromatic carbocycles. The molecular formula is C11H24O. The molecule has 1 heteroatoms. The average Bonchev–Trinajstić information content (AvgIpc) is 2.03. The van der Waals surface area contributed by atoms with Crippen LogP contribution in [0.25, 0.3) is 0 Å². The SMILES string of the molecule is CC[C@H](O)CCCCCC(C)C. The average molecular weight is 172 g/mol. The van der Waals surface area contributed by atoms with Gasteiger partial charge in [-0.3, -0.25) is 0 Å². The van der Waals surface area contributed by atoms with E-state index in [1.807, 2.05) is 6.92 Å². The van der Waals surface area contributed by atoms with Crippen molar-refractivity contribution in [2.24, 2.45) is 5.92 Å². The molecule has 1 atom stereocenters. The molecule has 0 fully saturated rings. The zero-order valence-electron chi connectivity index (χ0n) is 8.84. The van der Waals surface area contributed by atoms with Crippen molar-refractivity contribution in [3.05, 3.63) is 0 Å². The van der Waals surface area contributed by atoms with Gasteiger partial charge in [-0.25, -0.2) is 0 Å². The zero-order valence-corrected chi connectivity index (χ0v) is 8.84. The normalized spacial score (nSPS) is 13.8. The third-order valence-electron chi connectivity index (χ3n) is 2.29. The Morgan fingerprint density at radius 2 is 1.58 bits per heavy atom. The summed E-state index contributed by atoms with van der Waals surface area (Å²) in [7, 11) is 0. The zero-order chi connectivity index (χ0) is 9.40. The van der Waals surface area contributed by atoms with Gasteiger partial charge in [-0.2, -0.15) is 0 Å². The predicted octanol–water partition coefficient (Wildman–Crippen LogP) is 3.36. The van der Waals surface area contributed by atoms with E-state index >= 15 is 0 Å². The van der Waals surface area contributed by atoms with Crippen LogP contribution in [0, 0.1) is 5.92 Å². The van der Waals surface area contributed by atoms with Gasteiger partial charge >= 0.3 is 0 Å². The summed E-state index contributed by atoms with van der Waals surface area (Å²) in [6, 6.07) is 0. The molecule has 0 aromatic heterocycles. The van der Waals surface area contributed by atoms with Crippen LogP contribution in [0.1, 0.15) is 59.3 Å². The maximum absolute atomic E-state index is 9.27. The van der Waals surface area contributed by atoms with E-state index < -0.39 is 0 Å². The minimum atomic E-state index is -0.0518. The first-order valence-electron chi connectivity index (χ1n) is 5.34. The van der Waals surface area contributed by atoms with Gasteiger partial charge in [-0.05, 0) is 18.8 Å². The minimum Gasteiger partial charge on any atom is -0.393 e. The van der Waals surface area contributed by atoms with Crippen molar-refractivity contribution in [1.29, 1.82) is 0 Å². The molecule has 0 radical (unpaired) electrons. The van der Waals surface area contributed by atoms with Crippen molar-refractivity contribution in [2.45, 2.75) is 65.4 Å². The van der Waals surface area contributed by atoms with Crippen LogP contribution in [0.3, 0.4) is 0 Å². The lowest BCUT2D eigenvalue weighted by molar-refractivity contribution is 0.156. The van der Waals surface area contributed by atoms with E-state index in [0.29, 0.717) is 0 Å².